The Morgan fingerprint density at radius 1 is 1.34 bits per heavy atom. The fourth-order valence-electron chi connectivity index (χ4n) is 2.61. The number of anilines is 2. The Hall–Kier alpha value is -3.33. The van der Waals surface area contributed by atoms with Crippen LogP contribution in [0.5, 0.6) is 0 Å². The first-order valence-electron chi connectivity index (χ1n) is 8.97. The molecule has 0 aliphatic heterocycles. The Kier molecular flexibility index (Phi) is 6.85. The molecule has 3 rings (SSSR count). The lowest BCUT2D eigenvalue weighted by molar-refractivity contribution is -0.117. The predicted molar refractivity (Wildman–Crippen MR) is 110 cm³/mol. The maximum atomic E-state index is 14.1. The van der Waals surface area contributed by atoms with Crippen LogP contribution in [0.2, 0.25) is 0 Å². The molecular weight excluding hydrogens is 393 g/mol. The molecule has 0 unspecified atom stereocenters. The Morgan fingerprint density at radius 2 is 2.17 bits per heavy atom. The zero-order valence-electron chi connectivity index (χ0n) is 15.8. The number of amides is 2. The number of aryl methyl sites for hydroxylation is 1. The Labute approximate surface area is 171 Å². The molecule has 0 aliphatic carbocycles. The van der Waals surface area contributed by atoms with Gasteiger partial charge in [0.15, 0.2) is 5.13 Å². The zero-order chi connectivity index (χ0) is 20.6. The van der Waals surface area contributed by atoms with Crippen molar-refractivity contribution in [1.82, 2.24) is 19.9 Å². The van der Waals surface area contributed by atoms with Crippen molar-refractivity contribution in [1.29, 1.82) is 0 Å². The van der Waals surface area contributed by atoms with Crippen molar-refractivity contribution in [3.63, 3.8) is 0 Å². The Morgan fingerprint density at radius 3 is 2.90 bits per heavy atom. The maximum Gasteiger partial charge on any atom is 0.244 e. The molecule has 2 amide bonds. The second-order valence-corrected chi connectivity index (χ2v) is 6.98. The monoisotopic (exact) mass is 413 g/mol. The first-order chi connectivity index (χ1) is 14.0. The third kappa shape index (κ3) is 5.58. The number of benzene rings is 1. The fraction of sp³-hybridized carbons (Fsp3) is 0.200. The van der Waals surface area contributed by atoms with Crippen LogP contribution in [-0.4, -0.2) is 32.9 Å². The van der Waals surface area contributed by atoms with Crippen molar-refractivity contribution in [3.8, 4) is 0 Å². The number of rotatable bonds is 8. The van der Waals surface area contributed by atoms with Crippen LogP contribution in [0.3, 0.4) is 0 Å². The van der Waals surface area contributed by atoms with Gasteiger partial charge in [0.2, 0.25) is 11.8 Å². The number of nitrogens with zero attached hydrogens (tertiary/aromatic N) is 4. The number of nitrogens with one attached hydrogen (secondary N) is 1. The minimum Gasteiger partial charge on any atom is -0.352 e. The van der Waals surface area contributed by atoms with Gasteiger partial charge in [-0.15, -0.1) is 11.3 Å². The highest BCUT2D eigenvalue weighted by Crippen LogP contribution is 2.30. The van der Waals surface area contributed by atoms with Crippen LogP contribution in [0.15, 0.2) is 54.4 Å². The first-order valence-corrected chi connectivity index (χ1v) is 9.85. The molecule has 7 nitrogen and oxygen atoms in total. The van der Waals surface area contributed by atoms with Gasteiger partial charge in [0.1, 0.15) is 5.82 Å². The van der Waals surface area contributed by atoms with Crippen molar-refractivity contribution < 1.29 is 14.0 Å². The molecule has 2 heterocycles. The number of thiazole rings is 1. The quantitative estimate of drug-likeness (QED) is 0.454. The number of hydrogen-bond acceptors (Lipinski definition) is 5. The standard InChI is InChI=1S/C20H20FN5O2S/c1-15(27)26(18-6-3-2-5-17(18)21)20-24-16(13-29-20)7-8-19(28)23-9-4-11-25-12-10-22-14-25/h2-3,5-8,10,12-14H,4,9,11H2,1H3,(H,23,28). The SMILES string of the molecule is CC(=O)N(c1nc(C=CC(=O)NCCCn2ccnc2)cs1)c1ccccc1F. The molecule has 0 bridgehead atoms. The van der Waals surface area contributed by atoms with Crippen molar-refractivity contribution in [2.24, 2.45) is 0 Å². The molecular formula is C20H20FN5O2S. The van der Waals surface area contributed by atoms with Crippen molar-refractivity contribution in [3.05, 3.63) is 66.0 Å². The highest BCUT2D eigenvalue weighted by Gasteiger charge is 2.20. The predicted octanol–water partition coefficient (Wildman–Crippen LogP) is 3.38. The highest BCUT2D eigenvalue weighted by molar-refractivity contribution is 7.14. The third-order valence-electron chi connectivity index (χ3n) is 3.97. The summed E-state index contributed by atoms with van der Waals surface area (Å²) < 4.78 is 16.0. The summed E-state index contributed by atoms with van der Waals surface area (Å²) in [6.07, 6.45) is 9.04. The van der Waals surface area contributed by atoms with Gasteiger partial charge in [-0.1, -0.05) is 12.1 Å². The van der Waals surface area contributed by atoms with E-state index in [2.05, 4.69) is 15.3 Å². The molecule has 0 spiro atoms. The smallest absolute Gasteiger partial charge is 0.244 e. The molecule has 1 N–H and O–H groups in total. The summed E-state index contributed by atoms with van der Waals surface area (Å²) in [5, 5.41) is 4.84. The Bertz CT molecular complexity index is 1000. The zero-order valence-corrected chi connectivity index (χ0v) is 16.6. The normalized spacial score (nSPS) is 11.0. The van der Waals surface area contributed by atoms with Crippen LogP contribution in [0.4, 0.5) is 15.2 Å². The lowest BCUT2D eigenvalue weighted by atomic mass is 10.3. The van der Waals surface area contributed by atoms with Crippen molar-refractivity contribution in [2.75, 3.05) is 11.4 Å². The van der Waals surface area contributed by atoms with E-state index in [-0.39, 0.29) is 17.5 Å². The van der Waals surface area contributed by atoms with E-state index in [9.17, 15) is 14.0 Å². The first kappa shape index (κ1) is 20.4. The average Bonchev–Trinajstić information content (AvgIpc) is 3.37. The molecule has 0 aliphatic rings. The van der Waals surface area contributed by atoms with E-state index in [1.54, 1.807) is 36.1 Å². The number of para-hydroxylation sites is 1. The molecule has 0 atom stereocenters. The summed E-state index contributed by atoms with van der Waals surface area (Å²) in [4.78, 5) is 33.5. The van der Waals surface area contributed by atoms with Gasteiger partial charge in [-0.05, 0) is 24.6 Å². The molecule has 0 radical (unpaired) electrons. The minimum atomic E-state index is -0.509. The van der Waals surface area contributed by atoms with Crippen LogP contribution >= 0.6 is 11.3 Å². The van der Waals surface area contributed by atoms with Gasteiger partial charge in [0.05, 0.1) is 17.7 Å². The highest BCUT2D eigenvalue weighted by atomic mass is 32.1. The number of hydrogen-bond donors (Lipinski definition) is 1. The van der Waals surface area contributed by atoms with E-state index >= 15 is 0 Å². The minimum absolute atomic E-state index is 0.139. The number of aromatic nitrogens is 3. The molecule has 9 heteroatoms. The molecule has 2 aromatic heterocycles. The van der Waals surface area contributed by atoms with E-state index in [0.717, 1.165) is 13.0 Å². The largest absolute Gasteiger partial charge is 0.352 e. The van der Waals surface area contributed by atoms with E-state index < -0.39 is 5.82 Å². The van der Waals surface area contributed by atoms with Crippen LogP contribution in [0.25, 0.3) is 6.08 Å². The maximum absolute atomic E-state index is 14.1. The van der Waals surface area contributed by atoms with E-state index in [1.807, 2.05) is 10.8 Å². The Balaban J connectivity index is 1.57. The van der Waals surface area contributed by atoms with Gasteiger partial charge in [0, 0.05) is 43.9 Å². The summed E-state index contributed by atoms with van der Waals surface area (Å²) >= 11 is 1.20. The lowest BCUT2D eigenvalue weighted by Crippen LogP contribution is -2.23. The molecule has 0 saturated carbocycles. The van der Waals surface area contributed by atoms with Crippen molar-refractivity contribution in [2.45, 2.75) is 19.9 Å². The topological polar surface area (TPSA) is 80.1 Å². The van der Waals surface area contributed by atoms with Crippen LogP contribution in [0, 0.1) is 5.82 Å². The van der Waals surface area contributed by atoms with E-state index in [4.69, 9.17) is 0 Å². The summed E-state index contributed by atoms with van der Waals surface area (Å²) in [6, 6.07) is 6.02. The molecule has 0 fully saturated rings. The third-order valence-corrected chi connectivity index (χ3v) is 4.81. The summed E-state index contributed by atoms with van der Waals surface area (Å²) in [6.45, 7) is 2.66. The van der Waals surface area contributed by atoms with E-state index in [1.165, 1.54) is 41.4 Å². The molecule has 3 aromatic rings. The average molecular weight is 413 g/mol. The molecule has 1 aromatic carbocycles. The van der Waals surface area contributed by atoms with Gasteiger partial charge < -0.3 is 9.88 Å². The molecule has 150 valence electrons. The van der Waals surface area contributed by atoms with Gasteiger partial charge in [-0.2, -0.15) is 0 Å². The number of carbonyl (C=O) groups excluding carboxylic acids is 2. The number of imidazole rings is 1. The van der Waals surface area contributed by atoms with Crippen LogP contribution in [-0.2, 0) is 16.1 Å². The second kappa shape index (κ2) is 9.74. The van der Waals surface area contributed by atoms with E-state index in [0.29, 0.717) is 17.4 Å². The number of carbonyl (C=O) groups is 2. The fourth-order valence-corrected chi connectivity index (χ4v) is 3.46. The summed E-state index contributed by atoms with van der Waals surface area (Å²) in [5.74, 6) is -1.09. The van der Waals surface area contributed by atoms with Gasteiger partial charge in [-0.3, -0.25) is 14.5 Å². The summed E-state index contributed by atoms with van der Waals surface area (Å²) in [5.41, 5.74) is 0.654. The lowest BCUT2D eigenvalue weighted by Gasteiger charge is -2.18. The van der Waals surface area contributed by atoms with Gasteiger partial charge in [-0.25, -0.2) is 14.4 Å². The van der Waals surface area contributed by atoms with Crippen LogP contribution in [0.1, 0.15) is 19.0 Å². The second-order valence-electron chi connectivity index (χ2n) is 6.14. The van der Waals surface area contributed by atoms with Gasteiger partial charge >= 0.3 is 0 Å². The summed E-state index contributed by atoms with van der Waals surface area (Å²) in [7, 11) is 0. The molecule has 0 saturated heterocycles. The van der Waals surface area contributed by atoms with Gasteiger partial charge in [0.25, 0.3) is 0 Å². The number of halogens is 1. The van der Waals surface area contributed by atoms with Crippen LogP contribution < -0.4 is 10.2 Å². The van der Waals surface area contributed by atoms with Crippen molar-refractivity contribution >= 4 is 40.0 Å². The molecule has 29 heavy (non-hydrogen) atoms.